The molecule has 4 heteroatoms. The third-order valence-corrected chi connectivity index (χ3v) is 2.78. The van der Waals surface area contributed by atoms with Gasteiger partial charge in [-0.3, -0.25) is 4.79 Å². The van der Waals surface area contributed by atoms with Gasteiger partial charge in [-0.25, -0.2) is 0 Å². The van der Waals surface area contributed by atoms with Gasteiger partial charge in [-0.15, -0.1) is 0 Å². The highest BCUT2D eigenvalue weighted by atomic mass is 32.2. The first-order chi connectivity index (χ1) is 6.63. The molecule has 0 bridgehead atoms. The van der Waals surface area contributed by atoms with E-state index in [4.69, 9.17) is 5.73 Å². The Labute approximate surface area is 88.3 Å². The summed E-state index contributed by atoms with van der Waals surface area (Å²) >= 11 is 1.22. The fraction of sp³-hybridized carbons (Fsp3) is 0.300. The van der Waals surface area contributed by atoms with E-state index in [1.807, 2.05) is 24.3 Å². The van der Waals surface area contributed by atoms with Crippen LogP contribution in [0.25, 0.3) is 0 Å². The Morgan fingerprint density at radius 3 is 2.36 bits per heavy atom. The van der Waals surface area contributed by atoms with E-state index < -0.39 is 0 Å². The number of hydrogen-bond acceptors (Lipinski definition) is 3. The Morgan fingerprint density at radius 1 is 1.36 bits per heavy atom. The molecular formula is C10H14N2OS. The molecule has 0 spiro atoms. The molecule has 0 radical (unpaired) electrons. The molecule has 2 N–H and O–H groups in total. The number of carbonyl (C=O) groups is 1. The first-order valence-corrected chi connectivity index (χ1v) is 5.13. The first kappa shape index (κ1) is 11.1. The average Bonchev–Trinajstić information content (AvgIpc) is 2.19. The van der Waals surface area contributed by atoms with Gasteiger partial charge in [0.25, 0.3) is 5.24 Å². The molecule has 14 heavy (non-hydrogen) atoms. The van der Waals surface area contributed by atoms with Gasteiger partial charge >= 0.3 is 0 Å². The molecule has 0 atom stereocenters. The van der Waals surface area contributed by atoms with Crippen LogP contribution < -0.4 is 5.73 Å². The molecule has 0 aliphatic carbocycles. The van der Waals surface area contributed by atoms with Crippen molar-refractivity contribution in [2.75, 3.05) is 14.1 Å². The number of carbonyl (C=O) groups excluding carboxylic acids is 1. The van der Waals surface area contributed by atoms with Crippen molar-refractivity contribution in [3.05, 3.63) is 29.8 Å². The molecule has 76 valence electrons. The number of benzene rings is 1. The summed E-state index contributed by atoms with van der Waals surface area (Å²) in [5, 5.41) is 0.0329. The Morgan fingerprint density at radius 2 is 1.93 bits per heavy atom. The van der Waals surface area contributed by atoms with Gasteiger partial charge in [-0.05, 0) is 29.5 Å². The maximum Gasteiger partial charge on any atom is 0.285 e. The van der Waals surface area contributed by atoms with E-state index in [9.17, 15) is 4.79 Å². The molecule has 0 heterocycles. The van der Waals surface area contributed by atoms with E-state index in [-0.39, 0.29) is 5.24 Å². The van der Waals surface area contributed by atoms with Crippen molar-refractivity contribution in [3.8, 4) is 0 Å². The number of amides is 1. The van der Waals surface area contributed by atoms with Gasteiger partial charge in [-0.1, -0.05) is 12.1 Å². The predicted molar refractivity (Wildman–Crippen MR) is 59.3 cm³/mol. The predicted octanol–water partition coefficient (Wildman–Crippen LogP) is 1.92. The molecule has 1 amide bonds. The van der Waals surface area contributed by atoms with Crippen LogP contribution in [0.2, 0.25) is 0 Å². The monoisotopic (exact) mass is 210 g/mol. The van der Waals surface area contributed by atoms with Crippen molar-refractivity contribution < 1.29 is 4.79 Å². The van der Waals surface area contributed by atoms with Crippen LogP contribution in [0.4, 0.5) is 4.79 Å². The van der Waals surface area contributed by atoms with E-state index in [0.29, 0.717) is 6.54 Å². The zero-order valence-electron chi connectivity index (χ0n) is 8.36. The van der Waals surface area contributed by atoms with Crippen LogP contribution in [0, 0.1) is 0 Å². The highest BCUT2D eigenvalue weighted by molar-refractivity contribution is 8.13. The third kappa shape index (κ3) is 3.05. The number of rotatable bonds is 2. The maximum absolute atomic E-state index is 11.3. The standard InChI is InChI=1S/C10H14N2OS/c1-12(2)10(13)14-9-5-3-8(7-11)4-6-9/h3-6H,7,11H2,1-2H3. The highest BCUT2D eigenvalue weighted by Crippen LogP contribution is 2.20. The van der Waals surface area contributed by atoms with E-state index in [1.165, 1.54) is 11.8 Å². The summed E-state index contributed by atoms with van der Waals surface area (Å²) in [5.74, 6) is 0. The molecule has 0 aliphatic heterocycles. The number of hydrogen-bond donors (Lipinski definition) is 1. The Balaban J connectivity index is 2.64. The lowest BCUT2D eigenvalue weighted by atomic mass is 10.2. The quantitative estimate of drug-likeness (QED) is 0.759. The highest BCUT2D eigenvalue weighted by Gasteiger charge is 2.05. The van der Waals surface area contributed by atoms with Crippen LogP contribution in [0.1, 0.15) is 5.56 Å². The van der Waals surface area contributed by atoms with E-state index in [0.717, 1.165) is 10.5 Å². The minimum atomic E-state index is 0.0329. The fourth-order valence-electron chi connectivity index (χ4n) is 0.886. The summed E-state index contributed by atoms with van der Waals surface area (Å²) in [7, 11) is 3.48. The van der Waals surface area contributed by atoms with Gasteiger partial charge < -0.3 is 10.6 Å². The van der Waals surface area contributed by atoms with Crippen molar-refractivity contribution in [2.24, 2.45) is 5.73 Å². The van der Waals surface area contributed by atoms with Crippen molar-refractivity contribution in [3.63, 3.8) is 0 Å². The zero-order valence-corrected chi connectivity index (χ0v) is 9.17. The molecule has 0 aromatic heterocycles. The van der Waals surface area contributed by atoms with Gasteiger partial charge in [0.15, 0.2) is 0 Å². The second-order valence-electron chi connectivity index (χ2n) is 3.11. The minimum absolute atomic E-state index is 0.0329. The Bertz CT molecular complexity index is 308. The van der Waals surface area contributed by atoms with Crippen LogP contribution in [-0.4, -0.2) is 24.2 Å². The van der Waals surface area contributed by atoms with E-state index in [1.54, 1.807) is 19.0 Å². The van der Waals surface area contributed by atoms with Crippen molar-refractivity contribution in [1.82, 2.24) is 4.90 Å². The maximum atomic E-state index is 11.3. The second kappa shape index (κ2) is 5.02. The zero-order chi connectivity index (χ0) is 10.6. The van der Waals surface area contributed by atoms with E-state index in [2.05, 4.69) is 0 Å². The van der Waals surface area contributed by atoms with Crippen LogP contribution in [0.3, 0.4) is 0 Å². The summed E-state index contributed by atoms with van der Waals surface area (Å²) in [5.41, 5.74) is 6.54. The van der Waals surface area contributed by atoms with Crippen LogP contribution in [0.5, 0.6) is 0 Å². The summed E-state index contributed by atoms with van der Waals surface area (Å²) in [4.78, 5) is 13.8. The SMILES string of the molecule is CN(C)C(=O)Sc1ccc(CN)cc1. The molecule has 3 nitrogen and oxygen atoms in total. The lowest BCUT2D eigenvalue weighted by Gasteiger charge is -2.08. The summed E-state index contributed by atoms with van der Waals surface area (Å²) in [6.45, 7) is 0.534. The lowest BCUT2D eigenvalue weighted by Crippen LogP contribution is -2.15. The van der Waals surface area contributed by atoms with Crippen LogP contribution in [0.15, 0.2) is 29.2 Å². The summed E-state index contributed by atoms with van der Waals surface area (Å²) in [6, 6.07) is 7.69. The van der Waals surface area contributed by atoms with Crippen molar-refractivity contribution >= 4 is 17.0 Å². The van der Waals surface area contributed by atoms with Gasteiger partial charge in [0.2, 0.25) is 0 Å². The Kier molecular flexibility index (Phi) is 3.98. The second-order valence-corrected chi connectivity index (χ2v) is 4.14. The minimum Gasteiger partial charge on any atom is -0.339 e. The van der Waals surface area contributed by atoms with Gasteiger partial charge in [0.1, 0.15) is 0 Å². The molecule has 0 unspecified atom stereocenters. The normalized spacial score (nSPS) is 9.93. The molecule has 0 fully saturated rings. The molecule has 0 saturated carbocycles. The fourth-order valence-corrected chi connectivity index (χ4v) is 1.54. The molecular weight excluding hydrogens is 196 g/mol. The first-order valence-electron chi connectivity index (χ1n) is 4.31. The van der Waals surface area contributed by atoms with Crippen LogP contribution in [-0.2, 0) is 6.54 Å². The number of thioether (sulfide) groups is 1. The number of nitrogens with zero attached hydrogens (tertiary/aromatic N) is 1. The topological polar surface area (TPSA) is 46.3 Å². The lowest BCUT2D eigenvalue weighted by molar-refractivity contribution is 0.241. The smallest absolute Gasteiger partial charge is 0.285 e. The molecule has 1 aromatic rings. The van der Waals surface area contributed by atoms with Gasteiger partial charge in [0, 0.05) is 25.5 Å². The summed E-state index contributed by atoms with van der Waals surface area (Å²) < 4.78 is 0. The van der Waals surface area contributed by atoms with Crippen molar-refractivity contribution in [2.45, 2.75) is 11.4 Å². The number of nitrogens with two attached hydrogens (primary N) is 1. The average molecular weight is 210 g/mol. The Hall–Kier alpha value is -1.00. The molecule has 0 aliphatic rings. The molecule has 0 saturated heterocycles. The van der Waals surface area contributed by atoms with Gasteiger partial charge in [0.05, 0.1) is 0 Å². The van der Waals surface area contributed by atoms with Gasteiger partial charge in [-0.2, -0.15) is 0 Å². The van der Waals surface area contributed by atoms with E-state index >= 15 is 0 Å². The van der Waals surface area contributed by atoms with Crippen molar-refractivity contribution in [1.29, 1.82) is 0 Å². The largest absolute Gasteiger partial charge is 0.339 e. The molecule has 1 rings (SSSR count). The molecule has 1 aromatic carbocycles. The van der Waals surface area contributed by atoms with Crippen LogP contribution >= 0.6 is 11.8 Å². The summed E-state index contributed by atoms with van der Waals surface area (Å²) in [6.07, 6.45) is 0. The third-order valence-electron chi connectivity index (χ3n) is 1.73.